The van der Waals surface area contributed by atoms with Crippen molar-refractivity contribution < 1.29 is 4.79 Å². The fourth-order valence-electron chi connectivity index (χ4n) is 2.57. The van der Waals surface area contributed by atoms with Crippen LogP contribution in [0.2, 0.25) is 0 Å². The summed E-state index contributed by atoms with van der Waals surface area (Å²) in [6, 6.07) is 10.2. The van der Waals surface area contributed by atoms with Gasteiger partial charge >= 0.3 is 0 Å². The Bertz CT molecular complexity index is 1120. The number of pyridine rings is 2. The number of nitrogens with zero attached hydrogens (tertiary/aromatic N) is 4. The summed E-state index contributed by atoms with van der Waals surface area (Å²) >= 11 is 0. The first-order chi connectivity index (χ1) is 12.7. The van der Waals surface area contributed by atoms with E-state index < -0.39 is 0 Å². The van der Waals surface area contributed by atoms with Crippen LogP contribution in [-0.2, 0) is 6.54 Å². The number of rotatable bonds is 4. The first-order valence-corrected chi connectivity index (χ1v) is 7.91. The Kier molecular flexibility index (Phi) is 3.98. The molecule has 1 amide bonds. The molecule has 0 unspecified atom stereocenters. The molecular weight excluding hydrogens is 332 g/mol. The second-order valence-corrected chi connectivity index (χ2v) is 5.62. The van der Waals surface area contributed by atoms with Gasteiger partial charge in [0.25, 0.3) is 11.5 Å². The average Bonchev–Trinajstić information content (AvgIpc) is 3.12. The smallest absolute Gasteiger partial charge is 0.272 e. The van der Waals surface area contributed by atoms with Crippen LogP contribution in [0.15, 0.2) is 66.0 Å². The summed E-state index contributed by atoms with van der Waals surface area (Å²) in [5, 5.41) is 5.74. The maximum atomic E-state index is 12.3. The lowest BCUT2D eigenvalue weighted by molar-refractivity contribution is 0.0950. The zero-order valence-electron chi connectivity index (χ0n) is 13.6. The van der Waals surface area contributed by atoms with E-state index in [0.29, 0.717) is 16.9 Å². The number of amides is 1. The van der Waals surface area contributed by atoms with E-state index in [9.17, 15) is 9.59 Å². The SMILES string of the molecule is O=C(NCc1cc(=O)n2[nH]c(-c3cccnc3)cc2n1)c1cccnc1. The molecule has 4 aromatic heterocycles. The molecule has 128 valence electrons. The highest BCUT2D eigenvalue weighted by Gasteiger charge is 2.10. The lowest BCUT2D eigenvalue weighted by Gasteiger charge is -2.04. The topological polar surface area (TPSA) is 105 Å². The number of aromatic amines is 1. The quantitative estimate of drug-likeness (QED) is 0.581. The number of aromatic nitrogens is 5. The molecule has 0 saturated carbocycles. The molecule has 0 aliphatic heterocycles. The molecule has 0 aromatic carbocycles. The molecule has 4 aromatic rings. The standard InChI is InChI=1S/C18H14N6O2/c25-17-7-14(11-21-18(26)13-4-2-6-20-10-13)22-16-8-15(23-24(16)17)12-3-1-5-19-9-12/h1-10,23H,11H2,(H,21,26). The number of carbonyl (C=O) groups excluding carboxylic acids is 1. The lowest BCUT2D eigenvalue weighted by Crippen LogP contribution is -2.25. The lowest BCUT2D eigenvalue weighted by atomic mass is 10.2. The van der Waals surface area contributed by atoms with Gasteiger partial charge < -0.3 is 5.32 Å². The minimum absolute atomic E-state index is 0.146. The van der Waals surface area contributed by atoms with Crippen molar-refractivity contribution in [1.82, 2.24) is 29.9 Å². The van der Waals surface area contributed by atoms with E-state index in [1.165, 1.54) is 16.8 Å². The molecule has 8 nitrogen and oxygen atoms in total. The van der Waals surface area contributed by atoms with Crippen LogP contribution in [0.4, 0.5) is 0 Å². The molecule has 8 heteroatoms. The van der Waals surface area contributed by atoms with Gasteiger partial charge in [0.1, 0.15) is 0 Å². The molecule has 2 N–H and O–H groups in total. The molecule has 0 saturated heterocycles. The fraction of sp³-hybridized carbons (Fsp3) is 0.0556. The van der Waals surface area contributed by atoms with E-state index in [1.807, 2.05) is 12.1 Å². The third-order valence-electron chi connectivity index (χ3n) is 3.83. The molecule has 0 spiro atoms. The predicted octanol–water partition coefficient (Wildman–Crippen LogP) is 1.41. The minimum Gasteiger partial charge on any atom is -0.346 e. The van der Waals surface area contributed by atoms with Crippen LogP contribution in [0.3, 0.4) is 0 Å². The van der Waals surface area contributed by atoms with Gasteiger partial charge in [0, 0.05) is 42.5 Å². The molecule has 0 aliphatic carbocycles. The van der Waals surface area contributed by atoms with E-state index in [0.717, 1.165) is 11.3 Å². The minimum atomic E-state index is -0.273. The second kappa shape index (κ2) is 6.60. The van der Waals surface area contributed by atoms with E-state index in [4.69, 9.17) is 0 Å². The fourth-order valence-corrected chi connectivity index (χ4v) is 2.57. The van der Waals surface area contributed by atoms with Gasteiger partial charge in [-0.25, -0.2) is 9.50 Å². The van der Waals surface area contributed by atoms with Crippen LogP contribution in [0.1, 0.15) is 16.1 Å². The molecule has 26 heavy (non-hydrogen) atoms. The number of hydrogen-bond acceptors (Lipinski definition) is 5. The van der Waals surface area contributed by atoms with Crippen molar-refractivity contribution in [2.75, 3.05) is 0 Å². The molecule has 4 rings (SSSR count). The van der Waals surface area contributed by atoms with Gasteiger partial charge in [0.2, 0.25) is 0 Å². The van der Waals surface area contributed by atoms with Crippen molar-refractivity contribution in [2.24, 2.45) is 0 Å². The van der Waals surface area contributed by atoms with Crippen LogP contribution in [0.25, 0.3) is 16.9 Å². The van der Waals surface area contributed by atoms with E-state index in [2.05, 4.69) is 25.4 Å². The van der Waals surface area contributed by atoms with Crippen LogP contribution < -0.4 is 10.9 Å². The third kappa shape index (κ3) is 3.07. The summed E-state index contributed by atoms with van der Waals surface area (Å²) in [7, 11) is 0. The Labute approximate surface area is 147 Å². The molecule has 0 fully saturated rings. The zero-order valence-corrected chi connectivity index (χ0v) is 13.6. The summed E-state index contributed by atoms with van der Waals surface area (Å²) in [5.74, 6) is -0.273. The molecule has 0 radical (unpaired) electrons. The van der Waals surface area contributed by atoms with Crippen LogP contribution in [-0.4, -0.2) is 30.5 Å². The average molecular weight is 346 g/mol. The summed E-state index contributed by atoms with van der Waals surface area (Å²) in [5.41, 5.74) is 2.73. The Balaban J connectivity index is 1.59. The molecule has 0 atom stereocenters. The van der Waals surface area contributed by atoms with Crippen molar-refractivity contribution in [3.8, 4) is 11.3 Å². The van der Waals surface area contributed by atoms with Crippen LogP contribution in [0, 0.1) is 0 Å². The summed E-state index contributed by atoms with van der Waals surface area (Å²) in [4.78, 5) is 36.8. The van der Waals surface area contributed by atoms with Gasteiger partial charge in [0.05, 0.1) is 23.5 Å². The summed E-state index contributed by atoms with van der Waals surface area (Å²) < 4.78 is 1.36. The first-order valence-electron chi connectivity index (χ1n) is 7.91. The van der Waals surface area contributed by atoms with Crippen molar-refractivity contribution in [2.45, 2.75) is 6.54 Å². The van der Waals surface area contributed by atoms with E-state index in [-0.39, 0.29) is 18.0 Å². The van der Waals surface area contributed by atoms with Gasteiger partial charge in [-0.3, -0.25) is 24.7 Å². The highest BCUT2D eigenvalue weighted by Crippen LogP contribution is 2.16. The highest BCUT2D eigenvalue weighted by molar-refractivity contribution is 5.93. The summed E-state index contributed by atoms with van der Waals surface area (Å²) in [6.07, 6.45) is 6.45. The maximum absolute atomic E-state index is 12.3. The number of hydrogen-bond donors (Lipinski definition) is 2. The van der Waals surface area contributed by atoms with Gasteiger partial charge in [0.15, 0.2) is 5.65 Å². The molecular formula is C18H14N6O2. The van der Waals surface area contributed by atoms with Gasteiger partial charge in [-0.15, -0.1) is 0 Å². The van der Waals surface area contributed by atoms with Crippen molar-refractivity contribution in [1.29, 1.82) is 0 Å². The van der Waals surface area contributed by atoms with Gasteiger partial charge in [-0.1, -0.05) is 0 Å². The van der Waals surface area contributed by atoms with E-state index >= 15 is 0 Å². The second-order valence-electron chi connectivity index (χ2n) is 5.62. The third-order valence-corrected chi connectivity index (χ3v) is 3.83. The Morgan fingerprint density at radius 3 is 2.65 bits per heavy atom. The first kappa shape index (κ1) is 15.7. The van der Waals surface area contributed by atoms with Crippen molar-refractivity contribution in [3.63, 3.8) is 0 Å². The highest BCUT2D eigenvalue weighted by atomic mass is 16.1. The summed E-state index contributed by atoms with van der Waals surface area (Å²) in [6.45, 7) is 0.146. The number of H-pyrrole nitrogens is 1. The van der Waals surface area contributed by atoms with Crippen molar-refractivity contribution >= 4 is 11.6 Å². The van der Waals surface area contributed by atoms with E-state index in [1.54, 1.807) is 36.8 Å². The van der Waals surface area contributed by atoms with Crippen LogP contribution in [0.5, 0.6) is 0 Å². The van der Waals surface area contributed by atoms with Crippen LogP contribution >= 0.6 is 0 Å². The number of carbonyl (C=O) groups is 1. The Morgan fingerprint density at radius 1 is 1.12 bits per heavy atom. The normalized spacial score (nSPS) is 10.8. The largest absolute Gasteiger partial charge is 0.346 e. The Hall–Kier alpha value is -3.81. The number of nitrogens with one attached hydrogen (secondary N) is 2. The van der Waals surface area contributed by atoms with Gasteiger partial charge in [-0.05, 0) is 24.3 Å². The molecule has 0 aliphatic rings. The maximum Gasteiger partial charge on any atom is 0.272 e. The molecule has 4 heterocycles. The Morgan fingerprint density at radius 2 is 1.92 bits per heavy atom. The monoisotopic (exact) mass is 346 g/mol. The predicted molar refractivity (Wildman–Crippen MR) is 94.5 cm³/mol. The number of fused-ring (bicyclic) bond motifs is 1. The van der Waals surface area contributed by atoms with Crippen molar-refractivity contribution in [3.05, 3.63) is 82.8 Å². The molecule has 0 bridgehead atoms. The zero-order chi connectivity index (χ0) is 17.9. The van der Waals surface area contributed by atoms with Gasteiger partial charge in [-0.2, -0.15) is 0 Å².